The van der Waals surface area contributed by atoms with Gasteiger partial charge < -0.3 is 10.5 Å². The third-order valence-electron chi connectivity index (χ3n) is 3.77. The molecule has 2 aromatic heterocycles. The number of esters is 1. The highest BCUT2D eigenvalue weighted by molar-refractivity contribution is 7.90. The summed E-state index contributed by atoms with van der Waals surface area (Å²) in [6.45, 7) is 0. The van der Waals surface area contributed by atoms with Crippen molar-refractivity contribution in [2.75, 3.05) is 5.73 Å². The summed E-state index contributed by atoms with van der Waals surface area (Å²) in [6, 6.07) is 18.2. The van der Waals surface area contributed by atoms with Crippen LogP contribution >= 0.6 is 11.3 Å². The van der Waals surface area contributed by atoms with Crippen LogP contribution in [0.4, 0.5) is 5.82 Å². The van der Waals surface area contributed by atoms with E-state index in [1.807, 2.05) is 24.3 Å². The first kappa shape index (κ1) is 17.3. The Morgan fingerprint density at radius 1 is 1.04 bits per heavy atom. The van der Waals surface area contributed by atoms with Crippen LogP contribution in [0.1, 0.15) is 9.67 Å². The molecule has 0 radical (unpaired) electrons. The Labute approximate surface area is 158 Å². The molecule has 2 heterocycles. The average Bonchev–Trinajstić information content (AvgIpc) is 3.26. The summed E-state index contributed by atoms with van der Waals surface area (Å²) in [4.78, 5) is 12.8. The Morgan fingerprint density at radius 3 is 2.48 bits per heavy atom. The van der Waals surface area contributed by atoms with Gasteiger partial charge in [0.05, 0.1) is 4.90 Å². The second-order valence-electron chi connectivity index (χ2n) is 5.61. The first-order valence-electron chi connectivity index (χ1n) is 7.82. The van der Waals surface area contributed by atoms with Gasteiger partial charge in [0.15, 0.2) is 0 Å². The molecule has 4 aromatic rings. The molecule has 27 heavy (non-hydrogen) atoms. The predicted molar refractivity (Wildman–Crippen MR) is 102 cm³/mol. The van der Waals surface area contributed by atoms with Crippen molar-refractivity contribution < 1.29 is 17.9 Å². The van der Waals surface area contributed by atoms with Crippen molar-refractivity contribution in [2.24, 2.45) is 0 Å². The van der Waals surface area contributed by atoms with E-state index in [0.717, 1.165) is 10.1 Å². The number of carbonyl (C=O) groups is 1. The number of thiophene rings is 1. The lowest BCUT2D eigenvalue weighted by molar-refractivity contribution is 0.0732. The molecule has 136 valence electrons. The Hall–Kier alpha value is -3.17. The summed E-state index contributed by atoms with van der Waals surface area (Å²) < 4.78 is 32.1. The lowest BCUT2D eigenvalue weighted by Gasteiger charge is -2.05. The topological polar surface area (TPSA) is 104 Å². The maximum atomic E-state index is 12.6. The molecule has 0 atom stereocenters. The summed E-state index contributed by atoms with van der Waals surface area (Å²) in [5, 5.41) is 4.76. The van der Waals surface area contributed by atoms with E-state index in [1.54, 1.807) is 24.3 Å². The summed E-state index contributed by atoms with van der Waals surface area (Å²) in [5.41, 5.74) is 5.77. The van der Waals surface area contributed by atoms with Gasteiger partial charge in [0.25, 0.3) is 10.0 Å². The largest absolute Gasteiger partial charge is 0.401 e. The molecule has 0 saturated carbocycles. The number of anilines is 1. The number of nitrogens with two attached hydrogens (primary N) is 1. The molecular weight excluding hydrogens is 386 g/mol. The van der Waals surface area contributed by atoms with Crippen LogP contribution in [0.3, 0.4) is 0 Å². The molecule has 0 aliphatic heterocycles. The zero-order valence-corrected chi connectivity index (χ0v) is 15.4. The van der Waals surface area contributed by atoms with Crippen molar-refractivity contribution in [1.29, 1.82) is 0 Å². The quantitative estimate of drug-likeness (QED) is 0.529. The fourth-order valence-corrected chi connectivity index (χ4v) is 4.68. The van der Waals surface area contributed by atoms with Gasteiger partial charge in [0, 0.05) is 10.8 Å². The van der Waals surface area contributed by atoms with Gasteiger partial charge in [-0.2, -0.15) is 8.42 Å². The number of rotatable bonds is 4. The van der Waals surface area contributed by atoms with Gasteiger partial charge in [-0.15, -0.1) is 20.5 Å². The molecule has 0 unspecified atom stereocenters. The van der Waals surface area contributed by atoms with Gasteiger partial charge in [0.1, 0.15) is 10.7 Å². The van der Waals surface area contributed by atoms with Crippen LogP contribution in [-0.4, -0.2) is 23.6 Å². The summed E-state index contributed by atoms with van der Waals surface area (Å²) in [6.07, 6.45) is 0. The van der Waals surface area contributed by atoms with Crippen LogP contribution in [0.25, 0.3) is 10.1 Å². The summed E-state index contributed by atoms with van der Waals surface area (Å²) >= 11 is 1.28. The van der Waals surface area contributed by atoms with E-state index in [2.05, 4.69) is 5.10 Å². The van der Waals surface area contributed by atoms with Crippen LogP contribution in [0.5, 0.6) is 5.88 Å². The normalized spacial score (nSPS) is 11.6. The van der Waals surface area contributed by atoms with Crippen molar-refractivity contribution in [1.82, 2.24) is 9.19 Å². The number of hydrogen-bond acceptors (Lipinski definition) is 7. The smallest absolute Gasteiger partial charge is 0.355 e. The van der Waals surface area contributed by atoms with Crippen LogP contribution in [-0.2, 0) is 10.0 Å². The lowest BCUT2D eigenvalue weighted by Crippen LogP contribution is -2.17. The molecular formula is C18H13N3O4S2. The molecule has 0 spiro atoms. The fraction of sp³-hybridized carbons (Fsp3) is 0. The average molecular weight is 399 g/mol. The molecule has 0 saturated heterocycles. The van der Waals surface area contributed by atoms with Crippen LogP contribution < -0.4 is 10.5 Å². The predicted octanol–water partition coefficient (Wildman–Crippen LogP) is 3.14. The summed E-state index contributed by atoms with van der Waals surface area (Å²) in [7, 11) is -3.98. The zero-order chi connectivity index (χ0) is 19.0. The maximum absolute atomic E-state index is 12.6. The molecule has 0 bridgehead atoms. The minimum absolute atomic E-state index is 0.0298. The highest BCUT2D eigenvalue weighted by Gasteiger charge is 2.23. The van der Waals surface area contributed by atoms with Crippen molar-refractivity contribution in [3.63, 3.8) is 0 Å². The standard InChI is InChI=1S/C18H13N3O4S2/c19-16-11-17(20-21(16)27(23,24)13-7-2-1-3-8-13)25-18(22)15-10-12-6-4-5-9-14(12)26-15/h1-11H,19H2. The summed E-state index contributed by atoms with van der Waals surface area (Å²) in [5.74, 6) is -0.967. The number of nitrogens with zero attached hydrogens (tertiary/aromatic N) is 2. The van der Waals surface area contributed by atoms with Gasteiger partial charge >= 0.3 is 5.97 Å². The molecule has 2 N–H and O–H groups in total. The van der Waals surface area contributed by atoms with E-state index < -0.39 is 16.0 Å². The molecule has 2 aromatic carbocycles. The van der Waals surface area contributed by atoms with Crippen LogP contribution in [0.2, 0.25) is 0 Å². The van der Waals surface area contributed by atoms with Crippen molar-refractivity contribution in [3.05, 3.63) is 71.6 Å². The number of fused-ring (bicyclic) bond motifs is 1. The highest BCUT2D eigenvalue weighted by Crippen LogP contribution is 2.27. The van der Waals surface area contributed by atoms with E-state index in [9.17, 15) is 13.2 Å². The van der Waals surface area contributed by atoms with E-state index >= 15 is 0 Å². The molecule has 0 aliphatic rings. The second kappa shape index (κ2) is 6.53. The molecule has 0 fully saturated rings. The third kappa shape index (κ3) is 3.18. The zero-order valence-electron chi connectivity index (χ0n) is 13.8. The Bertz CT molecular complexity index is 1210. The maximum Gasteiger partial charge on any atom is 0.355 e. The van der Waals surface area contributed by atoms with Gasteiger partial charge in [-0.05, 0) is 29.7 Å². The van der Waals surface area contributed by atoms with E-state index in [1.165, 1.54) is 29.5 Å². The fourth-order valence-electron chi connectivity index (χ4n) is 2.52. The number of benzene rings is 2. The van der Waals surface area contributed by atoms with Crippen molar-refractivity contribution >= 4 is 43.2 Å². The number of ether oxygens (including phenoxy) is 1. The minimum Gasteiger partial charge on any atom is -0.401 e. The van der Waals surface area contributed by atoms with Gasteiger partial charge in [-0.3, -0.25) is 0 Å². The Morgan fingerprint density at radius 2 is 1.74 bits per heavy atom. The molecule has 0 aliphatic carbocycles. The first-order chi connectivity index (χ1) is 12.9. The number of aromatic nitrogens is 2. The molecule has 0 amide bonds. The monoisotopic (exact) mass is 399 g/mol. The van der Waals surface area contributed by atoms with E-state index in [0.29, 0.717) is 8.96 Å². The second-order valence-corrected chi connectivity index (χ2v) is 8.46. The van der Waals surface area contributed by atoms with E-state index in [-0.39, 0.29) is 16.6 Å². The van der Waals surface area contributed by atoms with Crippen molar-refractivity contribution in [3.8, 4) is 5.88 Å². The number of carbonyl (C=O) groups excluding carboxylic acids is 1. The van der Waals surface area contributed by atoms with Gasteiger partial charge in [-0.1, -0.05) is 36.4 Å². The number of hydrogen-bond donors (Lipinski definition) is 1. The molecule has 7 nitrogen and oxygen atoms in total. The van der Waals surface area contributed by atoms with E-state index in [4.69, 9.17) is 10.5 Å². The Balaban J connectivity index is 1.62. The van der Waals surface area contributed by atoms with Gasteiger partial charge in [-0.25, -0.2) is 4.79 Å². The lowest BCUT2D eigenvalue weighted by atomic mass is 10.2. The molecule has 4 rings (SSSR count). The molecule has 9 heteroatoms. The van der Waals surface area contributed by atoms with Crippen LogP contribution in [0, 0.1) is 0 Å². The van der Waals surface area contributed by atoms with Crippen molar-refractivity contribution in [2.45, 2.75) is 4.90 Å². The van der Waals surface area contributed by atoms with Crippen LogP contribution in [0.15, 0.2) is 71.6 Å². The SMILES string of the molecule is Nc1cc(OC(=O)c2cc3ccccc3s2)nn1S(=O)(=O)c1ccccc1. The minimum atomic E-state index is -3.98. The third-order valence-corrected chi connectivity index (χ3v) is 6.49. The number of nitrogen functional groups attached to an aromatic ring is 1. The highest BCUT2D eigenvalue weighted by atomic mass is 32.2. The van der Waals surface area contributed by atoms with Gasteiger partial charge in [0.2, 0.25) is 5.88 Å². The first-order valence-corrected chi connectivity index (χ1v) is 10.1. The Kier molecular flexibility index (Phi) is 4.17.